The highest BCUT2D eigenvalue weighted by Crippen LogP contribution is 2.18. The van der Waals surface area contributed by atoms with Gasteiger partial charge in [0.2, 0.25) is 0 Å². The molecule has 3 rings (SSSR count). The van der Waals surface area contributed by atoms with Crippen molar-refractivity contribution in [2.24, 2.45) is 0 Å². The maximum absolute atomic E-state index is 12.6. The van der Waals surface area contributed by atoms with E-state index >= 15 is 0 Å². The van der Waals surface area contributed by atoms with Crippen LogP contribution in [0.15, 0.2) is 54.6 Å². The van der Waals surface area contributed by atoms with Crippen LogP contribution >= 0.6 is 0 Å². The normalized spacial score (nSPS) is 15.8. The standard InChI is InChI=1S/C22H25NO3/c1-17(22(25)23-15-7-2-3-8-16-23)26-20-13-11-19(12-14-20)21(24)18-9-5-4-6-10-18/h4-6,9-14,17H,2-3,7-8,15-16H2,1H3. The van der Waals surface area contributed by atoms with Gasteiger partial charge in [-0.05, 0) is 44.0 Å². The highest BCUT2D eigenvalue weighted by atomic mass is 16.5. The molecule has 0 aliphatic carbocycles. The van der Waals surface area contributed by atoms with Gasteiger partial charge in [0.05, 0.1) is 0 Å². The van der Waals surface area contributed by atoms with Crippen molar-refractivity contribution >= 4 is 11.7 Å². The van der Waals surface area contributed by atoms with Crippen LogP contribution < -0.4 is 4.74 Å². The lowest BCUT2D eigenvalue weighted by atomic mass is 10.0. The number of nitrogens with zero attached hydrogens (tertiary/aromatic N) is 1. The summed E-state index contributed by atoms with van der Waals surface area (Å²) in [5.41, 5.74) is 1.26. The minimum atomic E-state index is -0.524. The zero-order valence-electron chi connectivity index (χ0n) is 15.2. The predicted octanol–water partition coefficient (Wildman–Crippen LogP) is 4.09. The minimum Gasteiger partial charge on any atom is -0.481 e. The molecule has 136 valence electrons. The van der Waals surface area contributed by atoms with Crippen molar-refractivity contribution in [1.82, 2.24) is 4.90 Å². The smallest absolute Gasteiger partial charge is 0.263 e. The molecule has 0 bridgehead atoms. The number of amides is 1. The summed E-state index contributed by atoms with van der Waals surface area (Å²) < 4.78 is 5.81. The number of ether oxygens (including phenoxy) is 1. The molecule has 2 aromatic carbocycles. The lowest BCUT2D eigenvalue weighted by Gasteiger charge is -2.24. The Hall–Kier alpha value is -2.62. The fourth-order valence-electron chi connectivity index (χ4n) is 3.24. The number of ketones is 1. The molecule has 1 fully saturated rings. The summed E-state index contributed by atoms with van der Waals surface area (Å²) in [7, 11) is 0. The van der Waals surface area contributed by atoms with E-state index in [0.717, 1.165) is 25.9 Å². The number of hydrogen-bond donors (Lipinski definition) is 0. The van der Waals surface area contributed by atoms with Gasteiger partial charge < -0.3 is 9.64 Å². The Morgan fingerprint density at radius 1 is 0.846 bits per heavy atom. The van der Waals surface area contributed by atoms with Crippen molar-refractivity contribution in [3.8, 4) is 5.75 Å². The third-order valence-electron chi connectivity index (χ3n) is 4.73. The topological polar surface area (TPSA) is 46.6 Å². The van der Waals surface area contributed by atoms with Crippen LogP contribution in [0.2, 0.25) is 0 Å². The molecule has 1 heterocycles. The Kier molecular flexibility index (Phi) is 6.05. The van der Waals surface area contributed by atoms with Crippen molar-refractivity contribution in [2.45, 2.75) is 38.7 Å². The third kappa shape index (κ3) is 4.51. The van der Waals surface area contributed by atoms with E-state index in [-0.39, 0.29) is 11.7 Å². The molecule has 1 aliphatic rings. The van der Waals surface area contributed by atoms with Crippen LogP contribution in [0.5, 0.6) is 5.75 Å². The van der Waals surface area contributed by atoms with E-state index in [0.29, 0.717) is 16.9 Å². The molecule has 2 aromatic rings. The lowest BCUT2D eigenvalue weighted by Crippen LogP contribution is -2.40. The molecule has 4 heteroatoms. The summed E-state index contributed by atoms with van der Waals surface area (Å²) in [6, 6.07) is 16.2. The molecule has 1 aliphatic heterocycles. The predicted molar refractivity (Wildman–Crippen MR) is 101 cm³/mol. The quantitative estimate of drug-likeness (QED) is 0.762. The van der Waals surface area contributed by atoms with Crippen LogP contribution in [0.4, 0.5) is 0 Å². The van der Waals surface area contributed by atoms with Gasteiger partial charge in [-0.15, -0.1) is 0 Å². The molecule has 1 unspecified atom stereocenters. The Morgan fingerprint density at radius 2 is 1.42 bits per heavy atom. The minimum absolute atomic E-state index is 0.0224. The molecule has 0 saturated carbocycles. The van der Waals surface area contributed by atoms with Gasteiger partial charge in [-0.1, -0.05) is 43.2 Å². The van der Waals surface area contributed by atoms with Crippen molar-refractivity contribution < 1.29 is 14.3 Å². The van der Waals surface area contributed by atoms with E-state index in [4.69, 9.17) is 4.74 Å². The van der Waals surface area contributed by atoms with Gasteiger partial charge >= 0.3 is 0 Å². The van der Waals surface area contributed by atoms with E-state index in [1.54, 1.807) is 43.3 Å². The summed E-state index contributed by atoms with van der Waals surface area (Å²) in [5, 5.41) is 0. The third-order valence-corrected chi connectivity index (χ3v) is 4.73. The van der Waals surface area contributed by atoms with E-state index in [1.807, 2.05) is 23.1 Å². The average Bonchev–Trinajstić information content (AvgIpc) is 2.97. The second kappa shape index (κ2) is 8.65. The van der Waals surface area contributed by atoms with E-state index in [1.165, 1.54) is 12.8 Å². The summed E-state index contributed by atoms with van der Waals surface area (Å²) in [5.74, 6) is 0.618. The van der Waals surface area contributed by atoms with Crippen LogP contribution in [0, 0.1) is 0 Å². The van der Waals surface area contributed by atoms with Crippen molar-refractivity contribution in [1.29, 1.82) is 0 Å². The monoisotopic (exact) mass is 351 g/mol. The first-order valence-corrected chi connectivity index (χ1v) is 9.30. The first kappa shape index (κ1) is 18.2. The molecule has 0 aromatic heterocycles. The van der Waals surface area contributed by atoms with E-state index in [2.05, 4.69) is 0 Å². The van der Waals surface area contributed by atoms with Crippen LogP contribution in [0.25, 0.3) is 0 Å². The first-order valence-electron chi connectivity index (χ1n) is 9.30. The fourth-order valence-corrected chi connectivity index (χ4v) is 3.24. The number of rotatable bonds is 5. The Bertz CT molecular complexity index is 732. The molecular weight excluding hydrogens is 326 g/mol. The van der Waals surface area contributed by atoms with Gasteiger partial charge in [-0.25, -0.2) is 0 Å². The highest BCUT2D eigenvalue weighted by molar-refractivity contribution is 6.08. The van der Waals surface area contributed by atoms with Crippen LogP contribution in [0.3, 0.4) is 0 Å². The summed E-state index contributed by atoms with van der Waals surface area (Å²) in [6.45, 7) is 3.42. The zero-order chi connectivity index (χ0) is 18.4. The molecule has 1 amide bonds. The second-order valence-corrected chi connectivity index (χ2v) is 6.72. The lowest BCUT2D eigenvalue weighted by molar-refractivity contribution is -0.137. The van der Waals surface area contributed by atoms with Crippen molar-refractivity contribution in [3.05, 3.63) is 65.7 Å². The van der Waals surface area contributed by atoms with Gasteiger partial charge in [0.25, 0.3) is 5.91 Å². The second-order valence-electron chi connectivity index (χ2n) is 6.72. The Balaban J connectivity index is 1.61. The number of benzene rings is 2. The molecule has 26 heavy (non-hydrogen) atoms. The highest BCUT2D eigenvalue weighted by Gasteiger charge is 2.22. The maximum atomic E-state index is 12.6. The van der Waals surface area contributed by atoms with Crippen LogP contribution in [-0.4, -0.2) is 35.8 Å². The van der Waals surface area contributed by atoms with Crippen LogP contribution in [-0.2, 0) is 4.79 Å². The molecule has 1 atom stereocenters. The van der Waals surface area contributed by atoms with Crippen LogP contribution in [0.1, 0.15) is 48.5 Å². The molecule has 0 spiro atoms. The molecule has 1 saturated heterocycles. The van der Waals surface area contributed by atoms with Gasteiger partial charge in [0.15, 0.2) is 11.9 Å². The number of hydrogen-bond acceptors (Lipinski definition) is 3. The first-order chi connectivity index (χ1) is 12.6. The Morgan fingerprint density at radius 3 is 2.04 bits per heavy atom. The van der Waals surface area contributed by atoms with E-state index in [9.17, 15) is 9.59 Å². The maximum Gasteiger partial charge on any atom is 0.263 e. The molecule has 0 N–H and O–H groups in total. The average molecular weight is 351 g/mol. The van der Waals surface area contributed by atoms with Gasteiger partial charge in [0, 0.05) is 24.2 Å². The molecule has 4 nitrogen and oxygen atoms in total. The summed E-state index contributed by atoms with van der Waals surface area (Å²) in [4.78, 5) is 26.9. The summed E-state index contributed by atoms with van der Waals surface area (Å²) >= 11 is 0. The largest absolute Gasteiger partial charge is 0.481 e. The zero-order valence-corrected chi connectivity index (χ0v) is 15.2. The van der Waals surface area contributed by atoms with Crippen molar-refractivity contribution in [2.75, 3.05) is 13.1 Å². The summed E-state index contributed by atoms with van der Waals surface area (Å²) in [6.07, 6.45) is 3.98. The number of carbonyl (C=O) groups excluding carboxylic acids is 2. The van der Waals surface area contributed by atoms with E-state index < -0.39 is 6.10 Å². The molecule has 0 radical (unpaired) electrons. The number of likely N-dealkylation sites (tertiary alicyclic amines) is 1. The molecular formula is C22H25NO3. The van der Waals surface area contributed by atoms with Gasteiger partial charge in [0.1, 0.15) is 5.75 Å². The number of carbonyl (C=O) groups is 2. The van der Waals surface area contributed by atoms with Crippen molar-refractivity contribution in [3.63, 3.8) is 0 Å². The van der Waals surface area contributed by atoms with Gasteiger partial charge in [-0.2, -0.15) is 0 Å². The van der Waals surface area contributed by atoms with Gasteiger partial charge in [-0.3, -0.25) is 9.59 Å². The fraction of sp³-hybridized carbons (Fsp3) is 0.364. The SMILES string of the molecule is CC(Oc1ccc(C(=O)c2ccccc2)cc1)C(=O)N1CCCCCC1. The Labute approximate surface area is 154 Å².